The number of pyridine rings is 1. The molecule has 0 unspecified atom stereocenters. The van der Waals surface area contributed by atoms with Gasteiger partial charge in [-0.1, -0.05) is 18.2 Å². The standard InChI is InChI=1S/C25H29F7N2O/c1-17-5-8-19(15-33-17)21(2,3)34-14-13-22(16-34,12-11-18-6-9-20(26)10-7-18)23(35-4,24(27,28)29)25(30,31)32/h5-10,15H,11-14,16H2,1-4H3/t22-/m1/s1. The highest BCUT2D eigenvalue weighted by atomic mass is 19.4. The van der Waals surface area contributed by atoms with Crippen LogP contribution in [0.3, 0.4) is 0 Å². The van der Waals surface area contributed by atoms with Gasteiger partial charge in [-0.3, -0.25) is 9.88 Å². The van der Waals surface area contributed by atoms with Gasteiger partial charge < -0.3 is 4.74 Å². The van der Waals surface area contributed by atoms with Crippen molar-refractivity contribution in [2.75, 3.05) is 20.2 Å². The Morgan fingerprint density at radius 3 is 2.06 bits per heavy atom. The molecule has 2 heterocycles. The van der Waals surface area contributed by atoms with E-state index in [1.165, 1.54) is 12.1 Å². The van der Waals surface area contributed by atoms with Crippen LogP contribution in [0.5, 0.6) is 0 Å². The number of alkyl halides is 6. The van der Waals surface area contributed by atoms with Gasteiger partial charge in [0.15, 0.2) is 0 Å². The maximum Gasteiger partial charge on any atom is 0.427 e. The smallest absolute Gasteiger partial charge is 0.361 e. The van der Waals surface area contributed by atoms with Crippen molar-refractivity contribution in [2.45, 2.75) is 63.5 Å². The van der Waals surface area contributed by atoms with Crippen molar-refractivity contribution in [1.29, 1.82) is 0 Å². The van der Waals surface area contributed by atoms with Gasteiger partial charge in [0.25, 0.3) is 5.60 Å². The van der Waals surface area contributed by atoms with Crippen LogP contribution in [0, 0.1) is 18.2 Å². The zero-order chi connectivity index (χ0) is 26.3. The molecule has 194 valence electrons. The molecule has 1 aromatic heterocycles. The first-order chi connectivity index (χ1) is 16.1. The third-order valence-corrected chi connectivity index (χ3v) is 7.42. The fourth-order valence-electron chi connectivity index (χ4n) is 5.27. The van der Waals surface area contributed by atoms with Crippen LogP contribution >= 0.6 is 0 Å². The summed E-state index contributed by atoms with van der Waals surface area (Å²) < 4.78 is 104. The Morgan fingerprint density at radius 1 is 0.971 bits per heavy atom. The Balaban J connectivity index is 2.08. The lowest BCUT2D eigenvalue weighted by atomic mass is 9.66. The maximum absolute atomic E-state index is 14.4. The van der Waals surface area contributed by atoms with Crippen LogP contribution in [-0.2, 0) is 16.7 Å². The number of hydrogen-bond donors (Lipinski definition) is 0. The number of aryl methyl sites for hydroxylation is 2. The lowest BCUT2D eigenvalue weighted by Crippen LogP contribution is -2.69. The Labute approximate surface area is 200 Å². The summed E-state index contributed by atoms with van der Waals surface area (Å²) in [5, 5.41) is 0. The first-order valence-electron chi connectivity index (χ1n) is 11.2. The molecule has 1 atom stereocenters. The van der Waals surface area contributed by atoms with E-state index in [9.17, 15) is 30.7 Å². The summed E-state index contributed by atoms with van der Waals surface area (Å²) >= 11 is 0. The van der Waals surface area contributed by atoms with Gasteiger partial charge in [-0.05, 0) is 75.9 Å². The number of hydrogen-bond acceptors (Lipinski definition) is 3. The number of halogens is 7. The van der Waals surface area contributed by atoms with E-state index in [1.807, 2.05) is 0 Å². The molecule has 3 nitrogen and oxygen atoms in total. The van der Waals surface area contributed by atoms with Gasteiger partial charge in [-0.2, -0.15) is 26.3 Å². The van der Waals surface area contributed by atoms with Gasteiger partial charge in [-0.25, -0.2) is 4.39 Å². The molecule has 2 aromatic rings. The van der Waals surface area contributed by atoms with Crippen molar-refractivity contribution in [3.63, 3.8) is 0 Å². The second kappa shape index (κ2) is 9.35. The molecule has 1 aromatic carbocycles. The molecule has 0 saturated carbocycles. The Morgan fingerprint density at radius 2 is 1.57 bits per heavy atom. The first-order valence-corrected chi connectivity index (χ1v) is 11.2. The SMILES string of the molecule is COC(C(F)(F)F)(C(F)(F)F)[C@]1(CCc2ccc(F)cc2)CCN(C(C)(C)c2ccc(C)nc2)C1. The summed E-state index contributed by atoms with van der Waals surface area (Å²) in [5.74, 6) is -0.541. The molecule has 0 N–H and O–H groups in total. The minimum absolute atomic E-state index is 0.00155. The maximum atomic E-state index is 14.4. The molecule has 10 heteroatoms. The van der Waals surface area contributed by atoms with Crippen molar-refractivity contribution in [1.82, 2.24) is 9.88 Å². The number of ether oxygens (including phenoxy) is 1. The molecule has 1 fully saturated rings. The molecule has 0 amide bonds. The van der Waals surface area contributed by atoms with E-state index in [4.69, 9.17) is 0 Å². The van der Waals surface area contributed by atoms with Gasteiger partial charge in [0.05, 0.1) is 0 Å². The molecule has 0 aliphatic carbocycles. The Kier molecular flexibility index (Phi) is 7.32. The number of nitrogens with zero attached hydrogens (tertiary/aromatic N) is 2. The summed E-state index contributed by atoms with van der Waals surface area (Å²) in [5.41, 5.74) is -5.72. The van der Waals surface area contributed by atoms with E-state index in [0.717, 1.165) is 17.8 Å². The summed E-state index contributed by atoms with van der Waals surface area (Å²) in [4.78, 5) is 5.87. The molecule has 0 spiro atoms. The summed E-state index contributed by atoms with van der Waals surface area (Å²) in [7, 11) is 0.471. The van der Waals surface area contributed by atoms with Crippen LogP contribution < -0.4 is 0 Å². The summed E-state index contributed by atoms with van der Waals surface area (Å²) in [6.45, 7) is 4.80. The highest BCUT2D eigenvalue weighted by Gasteiger charge is 2.81. The first kappa shape index (κ1) is 27.4. The van der Waals surface area contributed by atoms with E-state index in [0.29, 0.717) is 18.2 Å². The van der Waals surface area contributed by atoms with Gasteiger partial charge in [0, 0.05) is 36.5 Å². The van der Waals surface area contributed by atoms with Crippen molar-refractivity contribution < 1.29 is 35.5 Å². The Bertz CT molecular complexity index is 986. The van der Waals surface area contributed by atoms with Gasteiger partial charge in [0.2, 0.25) is 0 Å². The van der Waals surface area contributed by atoms with Crippen molar-refractivity contribution in [3.05, 3.63) is 65.2 Å². The Hall–Kier alpha value is -2.20. The molecular formula is C25H29F7N2O. The monoisotopic (exact) mass is 506 g/mol. The molecule has 1 saturated heterocycles. The van der Waals surface area contributed by atoms with Crippen molar-refractivity contribution in [3.8, 4) is 0 Å². The van der Waals surface area contributed by atoms with Crippen LogP contribution in [0.25, 0.3) is 0 Å². The number of rotatable bonds is 7. The van der Waals surface area contributed by atoms with Gasteiger partial charge in [-0.15, -0.1) is 0 Å². The molecule has 0 radical (unpaired) electrons. The summed E-state index contributed by atoms with van der Waals surface area (Å²) in [6.07, 6.45) is -10.8. The number of likely N-dealkylation sites (tertiary alicyclic amines) is 1. The van der Waals surface area contributed by atoms with E-state index in [-0.39, 0.29) is 19.4 Å². The van der Waals surface area contributed by atoms with Crippen LogP contribution in [0.15, 0.2) is 42.6 Å². The predicted octanol–water partition coefficient (Wildman–Crippen LogP) is 6.60. The molecule has 1 aliphatic rings. The second-order valence-electron chi connectivity index (χ2n) is 9.71. The lowest BCUT2D eigenvalue weighted by Gasteiger charge is -2.49. The normalized spacial score (nSPS) is 20.4. The van der Waals surface area contributed by atoms with Gasteiger partial charge >= 0.3 is 12.4 Å². The lowest BCUT2D eigenvalue weighted by molar-refractivity contribution is -0.409. The number of aromatic nitrogens is 1. The van der Waals surface area contributed by atoms with Crippen molar-refractivity contribution >= 4 is 0 Å². The minimum atomic E-state index is -5.71. The summed E-state index contributed by atoms with van der Waals surface area (Å²) in [6, 6.07) is 8.53. The fraction of sp³-hybridized carbons (Fsp3) is 0.560. The van der Waals surface area contributed by atoms with Crippen LogP contribution in [-0.4, -0.2) is 48.0 Å². The zero-order valence-electron chi connectivity index (χ0n) is 20.0. The zero-order valence-corrected chi connectivity index (χ0v) is 20.0. The van der Waals surface area contributed by atoms with Crippen molar-refractivity contribution in [2.24, 2.45) is 5.41 Å². The number of methoxy groups -OCH3 is 1. The number of benzene rings is 1. The average molecular weight is 507 g/mol. The molecular weight excluding hydrogens is 477 g/mol. The largest absolute Gasteiger partial charge is 0.427 e. The van der Waals surface area contributed by atoms with Crippen LogP contribution in [0.2, 0.25) is 0 Å². The predicted molar refractivity (Wildman–Crippen MR) is 117 cm³/mol. The molecule has 1 aliphatic heterocycles. The quantitative estimate of drug-likeness (QED) is 0.396. The van der Waals surface area contributed by atoms with Gasteiger partial charge in [0.1, 0.15) is 5.82 Å². The van der Waals surface area contributed by atoms with E-state index in [2.05, 4.69) is 9.72 Å². The second-order valence-corrected chi connectivity index (χ2v) is 9.71. The minimum Gasteiger partial charge on any atom is -0.361 e. The molecule has 3 rings (SSSR count). The topological polar surface area (TPSA) is 25.4 Å². The van der Waals surface area contributed by atoms with E-state index < -0.39 is 47.7 Å². The van der Waals surface area contributed by atoms with E-state index >= 15 is 0 Å². The van der Waals surface area contributed by atoms with Crippen LogP contribution in [0.1, 0.15) is 43.5 Å². The fourth-order valence-corrected chi connectivity index (χ4v) is 5.27. The molecule has 35 heavy (non-hydrogen) atoms. The molecule has 0 bridgehead atoms. The highest BCUT2D eigenvalue weighted by Crippen LogP contribution is 2.61. The third-order valence-electron chi connectivity index (χ3n) is 7.42. The third kappa shape index (κ3) is 4.79. The average Bonchev–Trinajstić information content (AvgIpc) is 3.19. The highest BCUT2D eigenvalue weighted by molar-refractivity contribution is 5.24. The van der Waals surface area contributed by atoms with E-state index in [1.54, 1.807) is 44.0 Å². The van der Waals surface area contributed by atoms with Crippen LogP contribution in [0.4, 0.5) is 30.7 Å².